The molecule has 0 aliphatic heterocycles. The normalized spacial score (nSPS) is 10.7. The number of carbonyl (C=O) groups excluding carboxylic acids is 1. The van der Waals surface area contributed by atoms with E-state index < -0.39 is 0 Å². The van der Waals surface area contributed by atoms with Crippen LogP contribution < -0.4 is 4.90 Å². The summed E-state index contributed by atoms with van der Waals surface area (Å²) in [6, 6.07) is 7.92. The largest absolute Gasteiger partial charge is 0.444 e. The molecule has 0 bridgehead atoms. The second kappa shape index (κ2) is 5.83. The summed E-state index contributed by atoms with van der Waals surface area (Å²) in [5, 5.41) is 0. The van der Waals surface area contributed by atoms with Crippen LogP contribution in [0, 0.1) is 20.8 Å². The molecule has 2 aromatic rings. The zero-order chi connectivity index (χ0) is 14.9. The molecule has 1 heterocycles. The maximum absolute atomic E-state index is 12.7. The molecule has 1 aromatic heterocycles. The Balaban J connectivity index is 2.44. The highest BCUT2D eigenvalue weighted by atomic mass is 79.9. The number of halogens is 1. The summed E-state index contributed by atoms with van der Waals surface area (Å²) >= 11 is 3.27. The minimum Gasteiger partial charge on any atom is -0.444 e. The lowest BCUT2D eigenvalue weighted by molar-refractivity contribution is 0.0959. The smallest absolute Gasteiger partial charge is 0.294 e. The summed E-state index contributed by atoms with van der Waals surface area (Å²) < 4.78 is 6.05. The van der Waals surface area contributed by atoms with Crippen molar-refractivity contribution in [3.63, 3.8) is 0 Å². The molecule has 4 heteroatoms. The van der Waals surface area contributed by atoms with Gasteiger partial charge >= 0.3 is 0 Å². The van der Waals surface area contributed by atoms with Gasteiger partial charge < -0.3 is 9.32 Å². The fourth-order valence-electron chi connectivity index (χ4n) is 2.21. The van der Waals surface area contributed by atoms with E-state index in [1.165, 1.54) is 0 Å². The Hall–Kier alpha value is -1.55. The number of rotatable bonds is 3. The van der Waals surface area contributed by atoms with Gasteiger partial charge in [0, 0.05) is 17.8 Å². The number of carbonyl (C=O) groups is 1. The third kappa shape index (κ3) is 2.80. The van der Waals surface area contributed by atoms with Gasteiger partial charge in [-0.15, -0.1) is 0 Å². The highest BCUT2D eigenvalue weighted by Crippen LogP contribution is 2.26. The zero-order valence-electron chi connectivity index (χ0n) is 12.2. The van der Waals surface area contributed by atoms with Crippen molar-refractivity contribution in [1.82, 2.24) is 0 Å². The number of amides is 1. The first-order valence-electron chi connectivity index (χ1n) is 6.59. The first-order valence-corrected chi connectivity index (χ1v) is 7.38. The highest BCUT2D eigenvalue weighted by molar-refractivity contribution is 9.10. The summed E-state index contributed by atoms with van der Waals surface area (Å²) in [7, 11) is 0. The van der Waals surface area contributed by atoms with E-state index in [0.717, 1.165) is 22.4 Å². The van der Waals surface area contributed by atoms with Crippen LogP contribution in [0.3, 0.4) is 0 Å². The summed E-state index contributed by atoms with van der Waals surface area (Å²) in [4.78, 5) is 14.4. The molecule has 0 fully saturated rings. The maximum atomic E-state index is 12.7. The van der Waals surface area contributed by atoms with E-state index in [0.29, 0.717) is 17.0 Å². The zero-order valence-corrected chi connectivity index (χ0v) is 13.7. The van der Waals surface area contributed by atoms with Gasteiger partial charge in [0.15, 0.2) is 10.4 Å². The van der Waals surface area contributed by atoms with Crippen molar-refractivity contribution < 1.29 is 9.21 Å². The third-order valence-electron chi connectivity index (χ3n) is 3.30. The predicted octanol–water partition coefficient (Wildman–Crippen LogP) is 4.63. The molecule has 0 spiro atoms. The molecule has 0 unspecified atom stereocenters. The van der Waals surface area contributed by atoms with Crippen LogP contribution in [0.5, 0.6) is 0 Å². The van der Waals surface area contributed by atoms with Crippen LogP contribution in [0.4, 0.5) is 5.69 Å². The first-order chi connectivity index (χ1) is 9.43. The summed E-state index contributed by atoms with van der Waals surface area (Å²) in [6.07, 6.45) is 0. The number of hydrogen-bond acceptors (Lipinski definition) is 2. The minimum absolute atomic E-state index is 0.107. The standard InChI is InChI=1S/C16H18BrNO2/c1-5-18(13-8-10(2)6-7-11(13)3)16(19)15-12(4)9-14(17)20-15/h6-9H,5H2,1-4H3. The average Bonchev–Trinajstić information content (AvgIpc) is 2.73. The minimum atomic E-state index is -0.107. The van der Waals surface area contributed by atoms with Crippen molar-refractivity contribution in [2.45, 2.75) is 27.7 Å². The average molecular weight is 336 g/mol. The molecule has 0 aliphatic carbocycles. The Bertz CT molecular complexity index is 646. The van der Waals surface area contributed by atoms with Gasteiger partial charge in [-0.3, -0.25) is 4.79 Å². The Morgan fingerprint density at radius 1 is 1.20 bits per heavy atom. The lowest BCUT2D eigenvalue weighted by atomic mass is 10.1. The lowest BCUT2D eigenvalue weighted by Crippen LogP contribution is -2.31. The molecule has 0 N–H and O–H groups in total. The number of hydrogen-bond donors (Lipinski definition) is 0. The molecule has 3 nitrogen and oxygen atoms in total. The summed E-state index contributed by atoms with van der Waals surface area (Å²) in [5.41, 5.74) is 3.98. The van der Waals surface area contributed by atoms with Crippen molar-refractivity contribution in [2.24, 2.45) is 0 Å². The van der Waals surface area contributed by atoms with E-state index in [1.54, 1.807) is 4.90 Å². The number of anilines is 1. The molecule has 0 aliphatic rings. The van der Waals surface area contributed by atoms with Crippen LogP contribution >= 0.6 is 15.9 Å². The lowest BCUT2D eigenvalue weighted by Gasteiger charge is -2.22. The van der Waals surface area contributed by atoms with E-state index in [-0.39, 0.29) is 5.91 Å². The van der Waals surface area contributed by atoms with Gasteiger partial charge in [0.05, 0.1) is 0 Å². The van der Waals surface area contributed by atoms with Crippen LogP contribution in [-0.4, -0.2) is 12.5 Å². The van der Waals surface area contributed by atoms with Crippen LogP contribution in [0.2, 0.25) is 0 Å². The molecular weight excluding hydrogens is 318 g/mol. The third-order valence-corrected chi connectivity index (χ3v) is 3.69. The van der Waals surface area contributed by atoms with Gasteiger partial charge in [0.2, 0.25) is 0 Å². The molecule has 0 saturated heterocycles. The Kier molecular flexibility index (Phi) is 4.33. The maximum Gasteiger partial charge on any atom is 0.294 e. The topological polar surface area (TPSA) is 33.5 Å². The Morgan fingerprint density at radius 3 is 2.45 bits per heavy atom. The molecule has 0 atom stereocenters. The van der Waals surface area contributed by atoms with Crippen LogP contribution in [-0.2, 0) is 0 Å². The van der Waals surface area contributed by atoms with E-state index in [9.17, 15) is 4.79 Å². The Labute approximate surface area is 127 Å². The Morgan fingerprint density at radius 2 is 1.90 bits per heavy atom. The monoisotopic (exact) mass is 335 g/mol. The SMILES string of the molecule is CCN(C(=O)c1oc(Br)cc1C)c1cc(C)ccc1C. The molecule has 106 valence electrons. The van der Waals surface area contributed by atoms with Gasteiger partial charge in [0.1, 0.15) is 0 Å². The second-order valence-corrected chi connectivity index (χ2v) is 5.68. The van der Waals surface area contributed by atoms with E-state index in [1.807, 2.05) is 52.0 Å². The fourth-order valence-corrected chi connectivity index (χ4v) is 2.72. The van der Waals surface area contributed by atoms with Gasteiger partial charge in [-0.25, -0.2) is 0 Å². The molecule has 20 heavy (non-hydrogen) atoms. The van der Waals surface area contributed by atoms with Crippen molar-refractivity contribution >= 4 is 27.5 Å². The number of benzene rings is 1. The van der Waals surface area contributed by atoms with Crippen molar-refractivity contribution in [2.75, 3.05) is 11.4 Å². The molecule has 0 saturated carbocycles. The van der Waals surface area contributed by atoms with Crippen LogP contribution in [0.25, 0.3) is 0 Å². The first kappa shape index (κ1) is 14.9. The van der Waals surface area contributed by atoms with Crippen LogP contribution in [0.1, 0.15) is 34.2 Å². The number of furan rings is 1. The van der Waals surface area contributed by atoms with Gasteiger partial charge in [0.25, 0.3) is 5.91 Å². The predicted molar refractivity (Wildman–Crippen MR) is 84.4 cm³/mol. The highest BCUT2D eigenvalue weighted by Gasteiger charge is 2.23. The van der Waals surface area contributed by atoms with Gasteiger partial charge in [-0.2, -0.15) is 0 Å². The van der Waals surface area contributed by atoms with E-state index in [2.05, 4.69) is 15.9 Å². The van der Waals surface area contributed by atoms with Crippen molar-refractivity contribution in [3.05, 3.63) is 51.4 Å². The molecule has 0 radical (unpaired) electrons. The van der Waals surface area contributed by atoms with Gasteiger partial charge in [-0.05, 0) is 66.9 Å². The van der Waals surface area contributed by atoms with Crippen molar-refractivity contribution in [3.8, 4) is 0 Å². The molecule has 1 aromatic carbocycles. The second-order valence-electron chi connectivity index (χ2n) is 4.90. The summed E-state index contributed by atoms with van der Waals surface area (Å²) in [5.74, 6) is 0.282. The molecular formula is C16H18BrNO2. The molecule has 1 amide bonds. The molecule has 2 rings (SSSR count). The van der Waals surface area contributed by atoms with Crippen molar-refractivity contribution in [1.29, 1.82) is 0 Å². The summed E-state index contributed by atoms with van der Waals surface area (Å²) in [6.45, 7) is 8.47. The van der Waals surface area contributed by atoms with E-state index >= 15 is 0 Å². The fraction of sp³-hybridized carbons (Fsp3) is 0.312. The quantitative estimate of drug-likeness (QED) is 0.818. The number of nitrogens with zero attached hydrogens (tertiary/aromatic N) is 1. The number of aryl methyl sites for hydroxylation is 3. The van der Waals surface area contributed by atoms with E-state index in [4.69, 9.17) is 4.42 Å². The van der Waals surface area contributed by atoms with Gasteiger partial charge in [-0.1, -0.05) is 12.1 Å². The van der Waals surface area contributed by atoms with Crippen LogP contribution in [0.15, 0.2) is 33.4 Å².